The predicted octanol–water partition coefficient (Wildman–Crippen LogP) is 1.66. The molecule has 2 aliphatic rings. The van der Waals surface area contributed by atoms with Crippen LogP contribution in [0.25, 0.3) is 10.2 Å². The van der Waals surface area contributed by atoms with Gasteiger partial charge in [0.25, 0.3) is 5.56 Å². The van der Waals surface area contributed by atoms with Crippen LogP contribution in [-0.2, 0) is 29.0 Å². The molecule has 8 heteroatoms. The van der Waals surface area contributed by atoms with Gasteiger partial charge in [0.2, 0.25) is 5.91 Å². The number of amides is 1. The summed E-state index contributed by atoms with van der Waals surface area (Å²) >= 11 is 1.62. The summed E-state index contributed by atoms with van der Waals surface area (Å²) in [6.07, 6.45) is 6.43. The Morgan fingerprint density at radius 1 is 1.31 bits per heavy atom. The minimum Gasteiger partial charge on any atom is -0.481 e. The molecule has 26 heavy (non-hydrogen) atoms. The highest BCUT2D eigenvalue weighted by Crippen LogP contribution is 2.33. The van der Waals surface area contributed by atoms with Crippen molar-refractivity contribution < 1.29 is 14.7 Å². The first-order valence-corrected chi connectivity index (χ1v) is 9.86. The molecule has 7 nitrogen and oxygen atoms in total. The highest BCUT2D eigenvalue weighted by molar-refractivity contribution is 7.18. The summed E-state index contributed by atoms with van der Waals surface area (Å²) in [5, 5.41) is 9.77. The van der Waals surface area contributed by atoms with Gasteiger partial charge in [-0.1, -0.05) is 0 Å². The van der Waals surface area contributed by atoms with Crippen molar-refractivity contribution in [3.8, 4) is 0 Å². The van der Waals surface area contributed by atoms with Gasteiger partial charge >= 0.3 is 5.97 Å². The quantitative estimate of drug-likeness (QED) is 0.877. The molecule has 0 aromatic carbocycles. The van der Waals surface area contributed by atoms with Gasteiger partial charge in [-0.25, -0.2) is 4.98 Å². The van der Waals surface area contributed by atoms with Crippen molar-refractivity contribution in [1.29, 1.82) is 0 Å². The van der Waals surface area contributed by atoms with Gasteiger partial charge in [-0.2, -0.15) is 0 Å². The van der Waals surface area contributed by atoms with Crippen LogP contribution in [0, 0.1) is 5.92 Å². The molecule has 0 bridgehead atoms. The van der Waals surface area contributed by atoms with Crippen LogP contribution in [0.2, 0.25) is 0 Å². The van der Waals surface area contributed by atoms with E-state index >= 15 is 0 Å². The second-order valence-corrected chi connectivity index (χ2v) is 8.13. The van der Waals surface area contributed by atoms with E-state index in [0.29, 0.717) is 13.0 Å². The molecule has 0 spiro atoms. The first-order valence-electron chi connectivity index (χ1n) is 9.05. The van der Waals surface area contributed by atoms with Gasteiger partial charge in [0.1, 0.15) is 4.83 Å². The van der Waals surface area contributed by atoms with Crippen LogP contribution in [0.15, 0.2) is 11.1 Å². The Balaban J connectivity index is 1.49. The van der Waals surface area contributed by atoms with E-state index in [1.54, 1.807) is 16.2 Å². The SMILES string of the molecule is O=C(O)C1CCN(C(=O)CCn2cnc3sc4c(c3c2=O)CCCC4)C1. The molecule has 1 aliphatic carbocycles. The summed E-state index contributed by atoms with van der Waals surface area (Å²) in [5.41, 5.74) is 1.09. The number of carbonyl (C=O) groups is 2. The smallest absolute Gasteiger partial charge is 0.308 e. The monoisotopic (exact) mass is 375 g/mol. The molecule has 1 unspecified atom stereocenters. The fourth-order valence-electron chi connectivity index (χ4n) is 3.90. The number of carboxylic acid groups (broad SMARTS) is 1. The van der Waals surface area contributed by atoms with Gasteiger partial charge in [-0.3, -0.25) is 19.0 Å². The standard InChI is InChI=1S/C18H21N3O4S/c22-14(20-7-5-11(9-20)18(24)25)6-8-21-10-19-16-15(17(21)23)12-3-1-2-4-13(12)26-16/h10-11H,1-9H2,(H,24,25). The minimum atomic E-state index is -0.853. The number of carbonyl (C=O) groups excluding carboxylic acids is 1. The van der Waals surface area contributed by atoms with Gasteiger partial charge in [0.05, 0.1) is 17.6 Å². The number of aliphatic carboxylic acids is 1. The lowest BCUT2D eigenvalue weighted by atomic mass is 9.97. The number of rotatable bonds is 4. The van der Waals surface area contributed by atoms with E-state index in [2.05, 4.69) is 4.98 Å². The second kappa shape index (κ2) is 6.83. The molecule has 1 atom stereocenters. The Morgan fingerprint density at radius 2 is 2.12 bits per heavy atom. The number of thiophene rings is 1. The molecule has 2 aromatic heterocycles. The maximum absolute atomic E-state index is 12.9. The van der Waals surface area contributed by atoms with Gasteiger partial charge in [0, 0.05) is 30.9 Å². The number of aromatic nitrogens is 2. The molecule has 1 N–H and O–H groups in total. The first kappa shape index (κ1) is 17.2. The number of likely N-dealkylation sites (tertiary alicyclic amines) is 1. The molecule has 138 valence electrons. The Morgan fingerprint density at radius 3 is 2.88 bits per heavy atom. The Kier molecular flexibility index (Phi) is 4.52. The molecule has 0 saturated carbocycles. The topological polar surface area (TPSA) is 92.5 Å². The molecule has 1 fully saturated rings. The van der Waals surface area contributed by atoms with Crippen molar-refractivity contribution >= 4 is 33.4 Å². The lowest BCUT2D eigenvalue weighted by molar-refractivity contribution is -0.141. The van der Waals surface area contributed by atoms with E-state index in [1.165, 1.54) is 15.8 Å². The van der Waals surface area contributed by atoms with Crippen LogP contribution >= 0.6 is 11.3 Å². The number of nitrogens with zero attached hydrogens (tertiary/aromatic N) is 3. The van der Waals surface area contributed by atoms with Crippen LogP contribution in [0.1, 0.15) is 36.1 Å². The van der Waals surface area contributed by atoms with Crippen LogP contribution < -0.4 is 5.56 Å². The van der Waals surface area contributed by atoms with Gasteiger partial charge in [-0.05, 0) is 37.7 Å². The first-order chi connectivity index (χ1) is 12.5. The maximum atomic E-state index is 12.9. The molecule has 1 saturated heterocycles. The number of hydrogen-bond acceptors (Lipinski definition) is 5. The molecule has 0 radical (unpaired) electrons. The second-order valence-electron chi connectivity index (χ2n) is 7.05. The van der Waals surface area contributed by atoms with Gasteiger partial charge < -0.3 is 10.0 Å². The Hall–Kier alpha value is -2.22. The van der Waals surface area contributed by atoms with Gasteiger partial charge in [-0.15, -0.1) is 11.3 Å². The van der Waals surface area contributed by atoms with Crippen molar-refractivity contribution in [2.24, 2.45) is 5.92 Å². The molecule has 4 rings (SSSR count). The number of fused-ring (bicyclic) bond motifs is 3. The van der Waals surface area contributed by atoms with E-state index in [0.717, 1.165) is 41.5 Å². The summed E-state index contributed by atoms with van der Waals surface area (Å²) in [6.45, 7) is 1.01. The predicted molar refractivity (Wildman–Crippen MR) is 97.5 cm³/mol. The summed E-state index contributed by atoms with van der Waals surface area (Å²) in [4.78, 5) is 44.3. The van der Waals surface area contributed by atoms with E-state index in [-0.39, 0.29) is 31.0 Å². The van der Waals surface area contributed by atoms with E-state index < -0.39 is 11.9 Å². The summed E-state index contributed by atoms with van der Waals surface area (Å²) in [7, 11) is 0. The Labute approximate surface area is 154 Å². The van der Waals surface area contributed by atoms with Crippen molar-refractivity contribution in [3.63, 3.8) is 0 Å². The number of hydrogen-bond donors (Lipinski definition) is 1. The van der Waals surface area contributed by atoms with Crippen LogP contribution in [0.3, 0.4) is 0 Å². The third kappa shape index (κ3) is 3.02. The molecule has 3 heterocycles. The molecular weight excluding hydrogens is 354 g/mol. The lowest BCUT2D eigenvalue weighted by Gasteiger charge is -2.16. The Bertz CT molecular complexity index is 932. The van der Waals surface area contributed by atoms with E-state index in [9.17, 15) is 14.4 Å². The van der Waals surface area contributed by atoms with Crippen molar-refractivity contribution in [3.05, 3.63) is 27.1 Å². The van der Waals surface area contributed by atoms with Crippen molar-refractivity contribution in [2.45, 2.75) is 45.1 Å². The highest BCUT2D eigenvalue weighted by Gasteiger charge is 2.30. The fraction of sp³-hybridized carbons (Fsp3) is 0.556. The lowest BCUT2D eigenvalue weighted by Crippen LogP contribution is -2.32. The maximum Gasteiger partial charge on any atom is 0.308 e. The molecule has 2 aromatic rings. The average molecular weight is 375 g/mol. The van der Waals surface area contributed by atoms with Crippen LogP contribution in [0.4, 0.5) is 0 Å². The zero-order valence-electron chi connectivity index (χ0n) is 14.4. The van der Waals surface area contributed by atoms with E-state index in [4.69, 9.17) is 5.11 Å². The average Bonchev–Trinajstić information content (AvgIpc) is 3.26. The number of aryl methyl sites for hydroxylation is 3. The van der Waals surface area contributed by atoms with Crippen molar-refractivity contribution in [1.82, 2.24) is 14.5 Å². The third-order valence-electron chi connectivity index (χ3n) is 5.40. The van der Waals surface area contributed by atoms with E-state index in [1.807, 2.05) is 0 Å². The highest BCUT2D eigenvalue weighted by atomic mass is 32.1. The molecule has 1 amide bonds. The van der Waals surface area contributed by atoms with Gasteiger partial charge in [0.15, 0.2) is 0 Å². The fourth-order valence-corrected chi connectivity index (χ4v) is 5.12. The normalized spacial score (nSPS) is 19.7. The zero-order valence-corrected chi connectivity index (χ0v) is 15.3. The van der Waals surface area contributed by atoms with Crippen LogP contribution in [0.5, 0.6) is 0 Å². The number of carboxylic acids is 1. The summed E-state index contributed by atoms with van der Waals surface area (Å²) in [5.74, 6) is -1.43. The van der Waals surface area contributed by atoms with Crippen LogP contribution in [-0.4, -0.2) is 44.5 Å². The summed E-state index contributed by atoms with van der Waals surface area (Å²) in [6, 6.07) is 0. The summed E-state index contributed by atoms with van der Waals surface area (Å²) < 4.78 is 1.52. The van der Waals surface area contributed by atoms with Crippen molar-refractivity contribution in [2.75, 3.05) is 13.1 Å². The molecule has 1 aliphatic heterocycles. The zero-order chi connectivity index (χ0) is 18.3. The largest absolute Gasteiger partial charge is 0.481 e. The molecular formula is C18H21N3O4S. The minimum absolute atomic E-state index is 0.0629. The third-order valence-corrected chi connectivity index (χ3v) is 6.60.